The number of halogens is 1. The van der Waals surface area contributed by atoms with Gasteiger partial charge in [-0.25, -0.2) is 4.98 Å². The molecule has 1 fully saturated rings. The van der Waals surface area contributed by atoms with Crippen LogP contribution in [0.1, 0.15) is 13.8 Å². The van der Waals surface area contributed by atoms with Gasteiger partial charge in [0.15, 0.2) is 5.16 Å². The lowest BCUT2D eigenvalue weighted by molar-refractivity contribution is 0.323. The maximum absolute atomic E-state index is 5.50. The van der Waals surface area contributed by atoms with Crippen LogP contribution in [0.2, 0.25) is 0 Å². The molecule has 0 spiro atoms. The predicted octanol–water partition coefficient (Wildman–Crippen LogP) is 1.82. The second kappa shape index (κ2) is 7.77. The summed E-state index contributed by atoms with van der Waals surface area (Å²) in [7, 11) is 0. The van der Waals surface area contributed by atoms with Crippen LogP contribution in [0.4, 0.5) is 5.82 Å². The molecular weight excluding hydrogens is 284 g/mol. The van der Waals surface area contributed by atoms with Gasteiger partial charge in [-0.2, -0.15) is 4.98 Å². The van der Waals surface area contributed by atoms with Crippen LogP contribution in [0.25, 0.3) is 0 Å². The maximum Gasteiger partial charge on any atom is 0.219 e. The fourth-order valence-electron chi connectivity index (χ4n) is 2.01. The Balaban J connectivity index is 0.00000180. The van der Waals surface area contributed by atoms with E-state index in [-0.39, 0.29) is 12.4 Å². The average Bonchev–Trinajstić information content (AvgIpc) is 2.39. The van der Waals surface area contributed by atoms with Crippen molar-refractivity contribution in [1.29, 1.82) is 0 Å². The molecule has 1 aromatic rings. The number of aromatic nitrogens is 2. The standard InChI is InChI=1S/C12H20N4OS.ClH/c1-4-17-11-7-10(14-12(15-11)18-3)16-6-5-13-9(2)8-16;/h7,9,13H,4-6,8H2,1-3H3;1H. The highest BCUT2D eigenvalue weighted by Gasteiger charge is 2.18. The molecule has 1 aromatic heterocycles. The van der Waals surface area contributed by atoms with E-state index in [1.165, 1.54) is 0 Å². The summed E-state index contributed by atoms with van der Waals surface area (Å²) >= 11 is 1.54. The molecule has 1 N–H and O–H groups in total. The number of nitrogens with zero attached hydrogens (tertiary/aromatic N) is 3. The lowest BCUT2D eigenvalue weighted by Crippen LogP contribution is -2.49. The van der Waals surface area contributed by atoms with Gasteiger partial charge in [0, 0.05) is 31.7 Å². The summed E-state index contributed by atoms with van der Waals surface area (Å²) in [5.74, 6) is 1.63. The first-order valence-corrected chi connectivity index (χ1v) is 7.49. The van der Waals surface area contributed by atoms with Gasteiger partial charge in [0.2, 0.25) is 5.88 Å². The minimum atomic E-state index is 0. The van der Waals surface area contributed by atoms with Gasteiger partial charge in [0.25, 0.3) is 0 Å². The van der Waals surface area contributed by atoms with Gasteiger partial charge < -0.3 is 15.0 Å². The van der Waals surface area contributed by atoms with E-state index in [1.54, 1.807) is 11.8 Å². The molecule has 5 nitrogen and oxygen atoms in total. The molecule has 2 rings (SSSR count). The van der Waals surface area contributed by atoms with Gasteiger partial charge in [-0.15, -0.1) is 12.4 Å². The topological polar surface area (TPSA) is 50.3 Å². The fraction of sp³-hybridized carbons (Fsp3) is 0.667. The molecule has 7 heteroatoms. The van der Waals surface area contributed by atoms with E-state index in [4.69, 9.17) is 4.74 Å². The average molecular weight is 305 g/mol. The molecule has 0 aromatic carbocycles. The van der Waals surface area contributed by atoms with E-state index in [9.17, 15) is 0 Å². The van der Waals surface area contributed by atoms with E-state index in [2.05, 4.69) is 27.1 Å². The quantitative estimate of drug-likeness (QED) is 0.676. The largest absolute Gasteiger partial charge is 0.478 e. The van der Waals surface area contributed by atoms with Gasteiger partial charge in [-0.1, -0.05) is 11.8 Å². The van der Waals surface area contributed by atoms with Crippen molar-refractivity contribution in [3.05, 3.63) is 6.07 Å². The first-order chi connectivity index (χ1) is 8.72. The molecule has 108 valence electrons. The normalized spacial score (nSPS) is 18.9. The Bertz CT molecular complexity index is 407. The third-order valence-corrected chi connectivity index (χ3v) is 3.38. The molecule has 2 heterocycles. The third-order valence-electron chi connectivity index (χ3n) is 2.84. The molecule has 1 aliphatic heterocycles. The van der Waals surface area contributed by atoms with Crippen LogP contribution in [0, 0.1) is 0 Å². The second-order valence-electron chi connectivity index (χ2n) is 4.29. The maximum atomic E-state index is 5.50. The molecule has 19 heavy (non-hydrogen) atoms. The van der Waals surface area contributed by atoms with Crippen molar-refractivity contribution in [3.8, 4) is 5.88 Å². The summed E-state index contributed by atoms with van der Waals surface area (Å²) in [5, 5.41) is 4.19. The van der Waals surface area contributed by atoms with Crippen molar-refractivity contribution in [2.24, 2.45) is 0 Å². The molecule has 1 aliphatic rings. The number of nitrogens with one attached hydrogen (secondary N) is 1. The van der Waals surface area contributed by atoms with Crippen LogP contribution in [-0.2, 0) is 0 Å². The molecule has 0 radical (unpaired) electrons. The van der Waals surface area contributed by atoms with Gasteiger partial charge in [0.1, 0.15) is 5.82 Å². The molecule has 1 unspecified atom stereocenters. The van der Waals surface area contributed by atoms with E-state index in [0.717, 1.165) is 30.6 Å². The number of ether oxygens (including phenoxy) is 1. The first-order valence-electron chi connectivity index (χ1n) is 6.27. The van der Waals surface area contributed by atoms with Gasteiger partial charge >= 0.3 is 0 Å². The number of thioether (sulfide) groups is 1. The molecule has 0 saturated carbocycles. The first kappa shape index (κ1) is 16.3. The van der Waals surface area contributed by atoms with Gasteiger partial charge in [-0.05, 0) is 20.1 Å². The van der Waals surface area contributed by atoms with Crippen molar-refractivity contribution in [3.63, 3.8) is 0 Å². The van der Waals surface area contributed by atoms with E-state index >= 15 is 0 Å². The molecule has 0 aliphatic carbocycles. The highest BCUT2D eigenvalue weighted by Crippen LogP contribution is 2.22. The van der Waals surface area contributed by atoms with Crippen LogP contribution < -0.4 is 15.0 Å². The SMILES string of the molecule is CCOc1cc(N2CCNC(C)C2)nc(SC)n1.Cl. The molecule has 0 amide bonds. The van der Waals surface area contributed by atoms with Crippen LogP contribution >= 0.6 is 24.2 Å². The lowest BCUT2D eigenvalue weighted by Gasteiger charge is -2.32. The van der Waals surface area contributed by atoms with Crippen molar-refractivity contribution in [2.45, 2.75) is 25.0 Å². The minimum absolute atomic E-state index is 0. The van der Waals surface area contributed by atoms with Crippen LogP contribution in [-0.4, -0.2) is 48.5 Å². The summed E-state index contributed by atoms with van der Waals surface area (Å²) in [4.78, 5) is 11.2. The Kier molecular flexibility index (Phi) is 6.68. The van der Waals surface area contributed by atoms with Crippen LogP contribution in [0.5, 0.6) is 5.88 Å². The monoisotopic (exact) mass is 304 g/mol. The van der Waals surface area contributed by atoms with Gasteiger partial charge in [0.05, 0.1) is 6.61 Å². The summed E-state index contributed by atoms with van der Waals surface area (Å²) in [6.45, 7) is 7.71. The Hall–Kier alpha value is -0.720. The predicted molar refractivity (Wildman–Crippen MR) is 81.9 cm³/mol. The second-order valence-corrected chi connectivity index (χ2v) is 5.06. The highest BCUT2D eigenvalue weighted by molar-refractivity contribution is 7.98. The molecular formula is C12H21ClN4OS. The highest BCUT2D eigenvalue weighted by atomic mass is 35.5. The minimum Gasteiger partial charge on any atom is -0.478 e. The molecule has 0 bridgehead atoms. The third kappa shape index (κ3) is 4.40. The van der Waals surface area contributed by atoms with Crippen LogP contribution in [0.15, 0.2) is 11.2 Å². The Labute approximate surface area is 124 Å². The van der Waals surface area contributed by atoms with E-state index in [0.29, 0.717) is 18.5 Å². The Morgan fingerprint density at radius 3 is 2.95 bits per heavy atom. The van der Waals surface area contributed by atoms with Crippen molar-refractivity contribution < 1.29 is 4.74 Å². The molecule has 1 atom stereocenters. The smallest absolute Gasteiger partial charge is 0.219 e. The van der Waals surface area contributed by atoms with E-state index < -0.39 is 0 Å². The van der Waals surface area contributed by atoms with Crippen molar-refractivity contribution in [1.82, 2.24) is 15.3 Å². The van der Waals surface area contributed by atoms with Crippen molar-refractivity contribution >= 4 is 30.0 Å². The number of rotatable bonds is 4. The number of anilines is 1. The Morgan fingerprint density at radius 2 is 2.32 bits per heavy atom. The summed E-state index contributed by atoms with van der Waals surface area (Å²) < 4.78 is 5.50. The van der Waals surface area contributed by atoms with Gasteiger partial charge in [-0.3, -0.25) is 0 Å². The van der Waals surface area contributed by atoms with Crippen LogP contribution in [0.3, 0.4) is 0 Å². The summed E-state index contributed by atoms with van der Waals surface area (Å²) in [6, 6.07) is 2.42. The summed E-state index contributed by atoms with van der Waals surface area (Å²) in [6.07, 6.45) is 1.98. The summed E-state index contributed by atoms with van der Waals surface area (Å²) in [5.41, 5.74) is 0. The fourth-order valence-corrected chi connectivity index (χ4v) is 2.37. The number of piperazine rings is 1. The lowest BCUT2D eigenvalue weighted by atomic mass is 10.2. The number of hydrogen-bond donors (Lipinski definition) is 1. The Morgan fingerprint density at radius 1 is 1.53 bits per heavy atom. The zero-order valence-electron chi connectivity index (χ0n) is 11.5. The zero-order valence-corrected chi connectivity index (χ0v) is 13.2. The zero-order chi connectivity index (χ0) is 13.0. The van der Waals surface area contributed by atoms with E-state index in [1.807, 2.05) is 19.2 Å². The van der Waals surface area contributed by atoms with Crippen molar-refractivity contribution in [2.75, 3.05) is 37.4 Å². The number of hydrogen-bond acceptors (Lipinski definition) is 6. The molecule has 1 saturated heterocycles.